The molecule has 1 atom stereocenters. The second kappa shape index (κ2) is 8.45. The van der Waals surface area contributed by atoms with E-state index in [0.717, 1.165) is 9.37 Å². The standard InChI is InChI=1S/C22H16BrClN2O4/c23-15-7-9-16(10-8-15)26-20(27)12-18(21(26)28)25(22(29)19-6-3-11-30-19)13-14-4-1-2-5-17(14)24/h1-11,18H,12-13H2. The summed E-state index contributed by atoms with van der Waals surface area (Å²) in [4.78, 5) is 41.6. The molecule has 0 bridgehead atoms. The van der Waals surface area contributed by atoms with E-state index in [9.17, 15) is 14.4 Å². The number of hydrogen-bond donors (Lipinski definition) is 0. The SMILES string of the molecule is O=C1CC(N(Cc2ccccc2Cl)C(=O)c2ccco2)C(=O)N1c1ccc(Br)cc1. The fourth-order valence-corrected chi connectivity index (χ4v) is 3.86. The molecule has 8 heteroatoms. The number of carbonyl (C=O) groups excluding carboxylic acids is 3. The minimum atomic E-state index is -0.963. The second-order valence-corrected chi connectivity index (χ2v) is 8.09. The molecule has 3 aromatic rings. The molecule has 2 aromatic carbocycles. The van der Waals surface area contributed by atoms with Gasteiger partial charge in [-0.15, -0.1) is 0 Å². The van der Waals surface area contributed by atoms with E-state index in [1.165, 1.54) is 17.2 Å². The predicted octanol–water partition coefficient (Wildman–Crippen LogP) is 4.67. The summed E-state index contributed by atoms with van der Waals surface area (Å²) in [6, 6.07) is 16.1. The number of amides is 3. The van der Waals surface area contributed by atoms with Crippen LogP contribution in [0.5, 0.6) is 0 Å². The average Bonchev–Trinajstić information content (AvgIpc) is 3.36. The van der Waals surface area contributed by atoms with Crippen molar-refractivity contribution in [3.63, 3.8) is 0 Å². The summed E-state index contributed by atoms with van der Waals surface area (Å²) in [5.41, 5.74) is 1.13. The predicted molar refractivity (Wildman–Crippen MR) is 115 cm³/mol. The molecule has 1 saturated heterocycles. The minimum absolute atomic E-state index is 0.0665. The van der Waals surface area contributed by atoms with Crippen LogP contribution in [-0.4, -0.2) is 28.7 Å². The average molecular weight is 488 g/mol. The zero-order valence-corrected chi connectivity index (χ0v) is 18.0. The first-order valence-electron chi connectivity index (χ1n) is 9.16. The number of hydrogen-bond acceptors (Lipinski definition) is 4. The molecule has 0 aliphatic carbocycles. The summed E-state index contributed by atoms with van der Waals surface area (Å²) in [6.07, 6.45) is 1.27. The van der Waals surface area contributed by atoms with Gasteiger partial charge in [-0.3, -0.25) is 14.4 Å². The van der Waals surface area contributed by atoms with Crippen LogP contribution in [0.15, 0.2) is 75.8 Å². The summed E-state index contributed by atoms with van der Waals surface area (Å²) in [6.45, 7) is 0.0665. The molecule has 30 heavy (non-hydrogen) atoms. The molecule has 3 amide bonds. The second-order valence-electron chi connectivity index (χ2n) is 6.77. The van der Waals surface area contributed by atoms with Crippen molar-refractivity contribution < 1.29 is 18.8 Å². The van der Waals surface area contributed by atoms with Crippen LogP contribution in [0.1, 0.15) is 22.5 Å². The molecule has 6 nitrogen and oxygen atoms in total. The van der Waals surface area contributed by atoms with Crippen LogP contribution in [0.4, 0.5) is 5.69 Å². The zero-order chi connectivity index (χ0) is 21.3. The van der Waals surface area contributed by atoms with Crippen molar-refractivity contribution in [2.75, 3.05) is 4.90 Å². The number of anilines is 1. The number of furan rings is 1. The van der Waals surface area contributed by atoms with Crippen molar-refractivity contribution in [1.82, 2.24) is 4.90 Å². The molecule has 1 aromatic heterocycles. The Morgan fingerprint density at radius 1 is 1.10 bits per heavy atom. The molecular weight excluding hydrogens is 472 g/mol. The van der Waals surface area contributed by atoms with Gasteiger partial charge in [0.15, 0.2) is 5.76 Å². The Hall–Kier alpha value is -2.90. The maximum absolute atomic E-state index is 13.2. The highest BCUT2D eigenvalue weighted by atomic mass is 79.9. The minimum Gasteiger partial charge on any atom is -0.459 e. The first-order valence-corrected chi connectivity index (χ1v) is 10.3. The Morgan fingerprint density at radius 2 is 1.83 bits per heavy atom. The highest BCUT2D eigenvalue weighted by Gasteiger charge is 2.45. The van der Waals surface area contributed by atoms with Gasteiger partial charge in [-0.05, 0) is 48.0 Å². The van der Waals surface area contributed by atoms with Gasteiger partial charge in [0.2, 0.25) is 5.91 Å². The third-order valence-corrected chi connectivity index (χ3v) is 5.77. The van der Waals surface area contributed by atoms with Crippen LogP contribution >= 0.6 is 27.5 Å². The highest BCUT2D eigenvalue weighted by Crippen LogP contribution is 2.29. The van der Waals surface area contributed by atoms with E-state index in [-0.39, 0.29) is 24.6 Å². The largest absolute Gasteiger partial charge is 0.459 e. The molecule has 2 heterocycles. The maximum atomic E-state index is 13.2. The lowest BCUT2D eigenvalue weighted by Gasteiger charge is -2.27. The Morgan fingerprint density at radius 3 is 2.50 bits per heavy atom. The van der Waals surface area contributed by atoms with Crippen molar-refractivity contribution >= 4 is 50.9 Å². The molecule has 1 unspecified atom stereocenters. The van der Waals surface area contributed by atoms with E-state index in [1.807, 2.05) is 0 Å². The molecule has 152 valence electrons. The van der Waals surface area contributed by atoms with Crippen LogP contribution in [-0.2, 0) is 16.1 Å². The van der Waals surface area contributed by atoms with Gasteiger partial charge in [0.05, 0.1) is 18.4 Å². The van der Waals surface area contributed by atoms with Crippen molar-refractivity contribution in [3.8, 4) is 0 Å². The topological polar surface area (TPSA) is 70.8 Å². The van der Waals surface area contributed by atoms with E-state index < -0.39 is 17.9 Å². The quantitative estimate of drug-likeness (QED) is 0.490. The number of rotatable bonds is 5. The lowest BCUT2D eigenvalue weighted by atomic mass is 10.1. The maximum Gasteiger partial charge on any atom is 0.290 e. The molecular formula is C22H16BrClN2O4. The lowest BCUT2D eigenvalue weighted by Crippen LogP contribution is -2.45. The van der Waals surface area contributed by atoms with Crippen molar-refractivity contribution in [2.24, 2.45) is 0 Å². The Balaban J connectivity index is 1.69. The van der Waals surface area contributed by atoms with E-state index in [4.69, 9.17) is 16.0 Å². The molecule has 1 aliphatic rings. The fourth-order valence-electron chi connectivity index (χ4n) is 3.40. The number of nitrogens with zero attached hydrogens (tertiary/aromatic N) is 2. The third kappa shape index (κ3) is 3.91. The van der Waals surface area contributed by atoms with E-state index in [0.29, 0.717) is 16.3 Å². The first-order chi connectivity index (χ1) is 14.5. The first kappa shape index (κ1) is 20.4. The molecule has 4 rings (SSSR count). The molecule has 0 spiro atoms. The summed E-state index contributed by atoms with van der Waals surface area (Å²) >= 11 is 9.62. The molecule has 0 N–H and O–H groups in total. The number of carbonyl (C=O) groups is 3. The van der Waals surface area contributed by atoms with Gasteiger partial charge in [0.1, 0.15) is 6.04 Å². The monoisotopic (exact) mass is 486 g/mol. The lowest BCUT2D eigenvalue weighted by molar-refractivity contribution is -0.122. The molecule has 1 aliphatic heterocycles. The molecule has 0 radical (unpaired) electrons. The van der Waals surface area contributed by atoms with Gasteiger partial charge in [0.25, 0.3) is 11.8 Å². The summed E-state index contributed by atoms with van der Waals surface area (Å²) in [5, 5.41) is 0.469. The van der Waals surface area contributed by atoms with Gasteiger partial charge < -0.3 is 9.32 Å². The van der Waals surface area contributed by atoms with Crippen molar-refractivity contribution in [2.45, 2.75) is 19.0 Å². The van der Waals surface area contributed by atoms with Gasteiger partial charge in [-0.25, -0.2) is 4.90 Å². The van der Waals surface area contributed by atoms with Crippen LogP contribution in [0, 0.1) is 0 Å². The molecule has 0 saturated carbocycles. The van der Waals surface area contributed by atoms with E-state index in [1.54, 1.807) is 54.6 Å². The van der Waals surface area contributed by atoms with E-state index in [2.05, 4.69) is 15.9 Å². The van der Waals surface area contributed by atoms with Gasteiger partial charge in [-0.2, -0.15) is 0 Å². The van der Waals surface area contributed by atoms with Crippen molar-refractivity contribution in [3.05, 3.63) is 87.7 Å². The third-order valence-electron chi connectivity index (χ3n) is 4.88. The number of benzene rings is 2. The number of imide groups is 1. The van der Waals surface area contributed by atoms with Crippen LogP contribution in [0.3, 0.4) is 0 Å². The van der Waals surface area contributed by atoms with Crippen LogP contribution in [0.25, 0.3) is 0 Å². The summed E-state index contributed by atoms with van der Waals surface area (Å²) in [5.74, 6) is -1.23. The van der Waals surface area contributed by atoms with Crippen LogP contribution < -0.4 is 4.90 Å². The van der Waals surface area contributed by atoms with E-state index >= 15 is 0 Å². The fraction of sp³-hybridized carbons (Fsp3) is 0.136. The van der Waals surface area contributed by atoms with Gasteiger partial charge in [0, 0.05) is 16.0 Å². The summed E-state index contributed by atoms with van der Waals surface area (Å²) in [7, 11) is 0. The summed E-state index contributed by atoms with van der Waals surface area (Å²) < 4.78 is 6.08. The number of halogens is 2. The Kier molecular flexibility index (Phi) is 5.74. The Bertz CT molecular complexity index is 1100. The van der Waals surface area contributed by atoms with Gasteiger partial charge >= 0.3 is 0 Å². The normalized spacial score (nSPS) is 16.2. The van der Waals surface area contributed by atoms with Crippen LogP contribution in [0.2, 0.25) is 5.02 Å². The zero-order valence-electron chi connectivity index (χ0n) is 15.6. The van der Waals surface area contributed by atoms with Crippen molar-refractivity contribution in [1.29, 1.82) is 0 Å². The van der Waals surface area contributed by atoms with Gasteiger partial charge in [-0.1, -0.05) is 45.7 Å². The smallest absolute Gasteiger partial charge is 0.290 e. The Labute approximate surface area is 186 Å². The highest BCUT2D eigenvalue weighted by molar-refractivity contribution is 9.10. The molecule has 1 fully saturated rings.